The van der Waals surface area contributed by atoms with E-state index in [1.165, 1.54) is 13.2 Å². The van der Waals surface area contributed by atoms with Crippen LogP contribution in [0.15, 0.2) is 18.2 Å². The molecule has 10 heteroatoms. The van der Waals surface area contributed by atoms with Crippen molar-refractivity contribution >= 4 is 12.4 Å². The summed E-state index contributed by atoms with van der Waals surface area (Å²) in [4.78, 5) is 1.79. The fourth-order valence-electron chi connectivity index (χ4n) is 2.95. The SMILES string of the molecule is COc1cc([C@H](CCC(F)(F)F)N2CCNCC2)cc(C(F)(F)F)c1.Cl. The van der Waals surface area contributed by atoms with Gasteiger partial charge in [-0.05, 0) is 30.2 Å². The van der Waals surface area contributed by atoms with E-state index in [0.29, 0.717) is 26.2 Å². The van der Waals surface area contributed by atoms with Gasteiger partial charge in [-0.15, -0.1) is 12.4 Å². The minimum Gasteiger partial charge on any atom is -0.497 e. The van der Waals surface area contributed by atoms with Crippen LogP contribution in [-0.4, -0.2) is 44.4 Å². The van der Waals surface area contributed by atoms with Crippen molar-refractivity contribution in [3.05, 3.63) is 29.3 Å². The molecule has 0 spiro atoms. The van der Waals surface area contributed by atoms with E-state index in [1.807, 2.05) is 0 Å². The Kier molecular flexibility index (Phi) is 8.04. The molecule has 0 bridgehead atoms. The van der Waals surface area contributed by atoms with Crippen molar-refractivity contribution in [3.8, 4) is 5.75 Å². The number of rotatable bonds is 5. The molecule has 0 unspecified atom stereocenters. The summed E-state index contributed by atoms with van der Waals surface area (Å²) in [6.07, 6.45) is -10.3. The number of benzene rings is 1. The maximum absolute atomic E-state index is 13.1. The minimum atomic E-state index is -4.60. The fourth-order valence-corrected chi connectivity index (χ4v) is 2.95. The maximum atomic E-state index is 13.1. The Morgan fingerprint density at radius 3 is 2.19 bits per heavy atom. The van der Waals surface area contributed by atoms with Gasteiger partial charge >= 0.3 is 12.4 Å². The Bertz CT molecular complexity index is 573. The molecule has 0 saturated carbocycles. The fraction of sp³-hybridized carbons (Fsp3) is 0.625. The molecule has 1 aliphatic heterocycles. The standard InChI is InChI=1S/C16H20F6N2O.ClH/c1-25-13-9-11(8-12(10-13)16(20,21)22)14(2-3-15(17,18)19)24-6-4-23-5-7-24;/h8-10,14,23H,2-7H2,1H3;1H/t14-;/m0./s1. The van der Waals surface area contributed by atoms with Crippen LogP contribution in [-0.2, 0) is 6.18 Å². The zero-order chi connectivity index (χ0) is 18.7. The van der Waals surface area contributed by atoms with Crippen molar-refractivity contribution in [3.63, 3.8) is 0 Å². The van der Waals surface area contributed by atoms with Crippen molar-refractivity contribution in [2.45, 2.75) is 31.2 Å². The highest BCUT2D eigenvalue weighted by Gasteiger charge is 2.35. The molecule has 1 atom stereocenters. The zero-order valence-corrected chi connectivity index (χ0v) is 14.9. The average Bonchev–Trinajstić information content (AvgIpc) is 2.54. The smallest absolute Gasteiger partial charge is 0.416 e. The summed E-state index contributed by atoms with van der Waals surface area (Å²) < 4.78 is 82.3. The van der Waals surface area contributed by atoms with Gasteiger partial charge in [-0.3, -0.25) is 4.90 Å². The van der Waals surface area contributed by atoms with E-state index < -0.39 is 30.4 Å². The van der Waals surface area contributed by atoms with Gasteiger partial charge in [-0.1, -0.05) is 0 Å². The number of nitrogens with zero attached hydrogens (tertiary/aromatic N) is 1. The van der Waals surface area contributed by atoms with Crippen LogP contribution in [0.5, 0.6) is 5.75 Å². The molecule has 0 radical (unpaired) electrons. The number of hydrogen-bond donors (Lipinski definition) is 1. The zero-order valence-electron chi connectivity index (χ0n) is 14.1. The van der Waals surface area contributed by atoms with Crippen LogP contribution < -0.4 is 10.1 Å². The quantitative estimate of drug-likeness (QED) is 0.732. The summed E-state index contributed by atoms with van der Waals surface area (Å²) in [6.45, 7) is 2.11. The first-order chi connectivity index (χ1) is 11.6. The number of piperazine rings is 1. The molecule has 3 nitrogen and oxygen atoms in total. The molecular formula is C16H21ClF6N2O. The lowest BCUT2D eigenvalue weighted by atomic mass is 9.97. The molecule has 26 heavy (non-hydrogen) atoms. The van der Waals surface area contributed by atoms with Crippen LogP contribution in [0.25, 0.3) is 0 Å². The van der Waals surface area contributed by atoms with Crippen LogP contribution >= 0.6 is 12.4 Å². The third kappa shape index (κ3) is 6.51. The van der Waals surface area contributed by atoms with Crippen molar-refractivity contribution < 1.29 is 31.1 Å². The van der Waals surface area contributed by atoms with Gasteiger partial charge in [0.05, 0.1) is 12.7 Å². The Balaban J connectivity index is 0.00000338. The minimum absolute atomic E-state index is 0. The van der Waals surface area contributed by atoms with Crippen LogP contribution in [0, 0.1) is 0 Å². The van der Waals surface area contributed by atoms with Crippen LogP contribution in [0.3, 0.4) is 0 Å². The summed E-state index contributed by atoms with van der Waals surface area (Å²) >= 11 is 0. The lowest BCUT2D eigenvalue weighted by Gasteiger charge is -2.36. The van der Waals surface area contributed by atoms with Crippen molar-refractivity contribution in [1.29, 1.82) is 0 Å². The topological polar surface area (TPSA) is 24.5 Å². The second-order valence-corrected chi connectivity index (χ2v) is 5.95. The maximum Gasteiger partial charge on any atom is 0.416 e. The van der Waals surface area contributed by atoms with Gasteiger partial charge in [0.15, 0.2) is 0 Å². The normalized spacial score (nSPS) is 17.5. The molecule has 2 rings (SSSR count). The van der Waals surface area contributed by atoms with Gasteiger partial charge in [-0.25, -0.2) is 0 Å². The van der Waals surface area contributed by atoms with E-state index in [2.05, 4.69) is 5.32 Å². The van der Waals surface area contributed by atoms with Gasteiger partial charge < -0.3 is 10.1 Å². The molecule has 1 aromatic carbocycles. The molecule has 1 aromatic rings. The largest absolute Gasteiger partial charge is 0.497 e. The lowest BCUT2D eigenvalue weighted by Crippen LogP contribution is -2.45. The number of alkyl halides is 6. The molecule has 1 saturated heterocycles. The number of halogens is 7. The molecule has 1 fully saturated rings. The van der Waals surface area contributed by atoms with Crippen LogP contribution in [0.2, 0.25) is 0 Å². The molecule has 1 N–H and O–H groups in total. The summed E-state index contributed by atoms with van der Waals surface area (Å²) in [5.74, 6) is -0.0167. The van der Waals surface area contributed by atoms with E-state index in [0.717, 1.165) is 12.1 Å². The summed E-state index contributed by atoms with van der Waals surface area (Å²) in [7, 11) is 1.23. The van der Waals surface area contributed by atoms with E-state index in [-0.39, 0.29) is 30.1 Å². The number of hydrogen-bond acceptors (Lipinski definition) is 3. The van der Waals surface area contributed by atoms with Crippen LogP contribution in [0.4, 0.5) is 26.3 Å². The van der Waals surface area contributed by atoms with Crippen LogP contribution in [0.1, 0.15) is 30.0 Å². The molecule has 0 amide bonds. The van der Waals surface area contributed by atoms with Crippen molar-refractivity contribution in [2.24, 2.45) is 0 Å². The Morgan fingerprint density at radius 2 is 1.69 bits per heavy atom. The third-order valence-corrected chi connectivity index (χ3v) is 4.17. The molecule has 150 valence electrons. The number of nitrogens with one attached hydrogen (secondary N) is 1. The summed E-state index contributed by atoms with van der Waals surface area (Å²) in [6, 6.07) is 2.41. The molecular weight excluding hydrogens is 386 g/mol. The predicted octanol–water partition coefficient (Wildman–Crippen LogP) is 4.42. The van der Waals surface area contributed by atoms with E-state index in [1.54, 1.807) is 4.90 Å². The second kappa shape index (κ2) is 9.14. The summed E-state index contributed by atoms with van der Waals surface area (Å²) in [5.41, 5.74) is -0.730. The first-order valence-electron chi connectivity index (χ1n) is 7.88. The van der Waals surface area contributed by atoms with Gasteiger partial charge in [0, 0.05) is 38.6 Å². The van der Waals surface area contributed by atoms with Crippen molar-refractivity contribution in [2.75, 3.05) is 33.3 Å². The highest BCUT2D eigenvalue weighted by Crippen LogP contribution is 2.38. The Morgan fingerprint density at radius 1 is 1.08 bits per heavy atom. The Labute approximate surface area is 154 Å². The van der Waals surface area contributed by atoms with E-state index >= 15 is 0 Å². The first kappa shape index (κ1) is 22.9. The van der Waals surface area contributed by atoms with Gasteiger partial charge in [0.25, 0.3) is 0 Å². The number of methoxy groups -OCH3 is 1. The van der Waals surface area contributed by atoms with E-state index in [4.69, 9.17) is 4.74 Å². The Hall–Kier alpha value is -1.19. The van der Waals surface area contributed by atoms with Gasteiger partial charge in [0.1, 0.15) is 5.75 Å². The predicted molar refractivity (Wildman–Crippen MR) is 87.7 cm³/mol. The molecule has 1 heterocycles. The van der Waals surface area contributed by atoms with Gasteiger partial charge in [-0.2, -0.15) is 26.3 Å². The lowest BCUT2D eigenvalue weighted by molar-refractivity contribution is -0.140. The average molecular weight is 407 g/mol. The molecule has 0 aromatic heterocycles. The molecule has 0 aliphatic carbocycles. The monoisotopic (exact) mass is 406 g/mol. The number of ether oxygens (including phenoxy) is 1. The van der Waals surface area contributed by atoms with Crippen molar-refractivity contribution in [1.82, 2.24) is 10.2 Å². The third-order valence-electron chi connectivity index (χ3n) is 4.17. The van der Waals surface area contributed by atoms with E-state index in [9.17, 15) is 26.3 Å². The highest BCUT2D eigenvalue weighted by molar-refractivity contribution is 5.85. The second-order valence-electron chi connectivity index (χ2n) is 5.95. The molecule has 1 aliphatic rings. The van der Waals surface area contributed by atoms with Gasteiger partial charge in [0.2, 0.25) is 0 Å². The highest BCUT2D eigenvalue weighted by atomic mass is 35.5. The summed E-state index contributed by atoms with van der Waals surface area (Å²) in [5, 5.41) is 3.08. The first-order valence-corrected chi connectivity index (χ1v) is 7.88.